The summed E-state index contributed by atoms with van der Waals surface area (Å²) in [5.74, 6) is 3.71. The smallest absolute Gasteiger partial charge is 0.0459 e. The predicted molar refractivity (Wildman–Crippen MR) is 91.4 cm³/mol. The molecule has 2 fully saturated rings. The van der Waals surface area contributed by atoms with Gasteiger partial charge in [-0.25, -0.2) is 0 Å². The minimum absolute atomic E-state index is 0.425. The van der Waals surface area contributed by atoms with Crippen molar-refractivity contribution < 1.29 is 5.11 Å². The highest BCUT2D eigenvalue weighted by molar-refractivity contribution is 4.76. The number of unbranched alkanes of at least 4 members (excludes halogenated alkanes) is 2. The van der Waals surface area contributed by atoms with Crippen molar-refractivity contribution in [2.45, 2.75) is 96.8 Å². The van der Waals surface area contributed by atoms with Crippen LogP contribution in [0.3, 0.4) is 0 Å². The van der Waals surface area contributed by atoms with Crippen LogP contribution in [0.25, 0.3) is 0 Å². The van der Waals surface area contributed by atoms with Crippen molar-refractivity contribution in [2.24, 2.45) is 23.7 Å². The molecule has 0 aromatic heterocycles. The Morgan fingerprint density at radius 2 is 1.05 bits per heavy atom. The lowest BCUT2D eigenvalue weighted by atomic mass is 9.75. The van der Waals surface area contributed by atoms with Gasteiger partial charge in [0.05, 0.1) is 0 Å². The van der Waals surface area contributed by atoms with E-state index >= 15 is 0 Å². The molecule has 0 aromatic rings. The summed E-state index contributed by atoms with van der Waals surface area (Å²) in [6.45, 7) is 2.74. The van der Waals surface area contributed by atoms with Gasteiger partial charge < -0.3 is 5.11 Å². The van der Waals surface area contributed by atoms with E-state index in [1.807, 2.05) is 0 Å². The van der Waals surface area contributed by atoms with Gasteiger partial charge in [-0.2, -0.15) is 0 Å². The van der Waals surface area contributed by atoms with Crippen LogP contribution in [0.1, 0.15) is 96.8 Å². The van der Waals surface area contributed by atoms with Crippen LogP contribution in [0.5, 0.6) is 0 Å². The molecule has 124 valence electrons. The van der Waals surface area contributed by atoms with Crippen molar-refractivity contribution in [1.29, 1.82) is 0 Å². The second-order valence-electron chi connectivity index (χ2n) is 8.03. The van der Waals surface area contributed by atoms with E-state index in [1.54, 1.807) is 0 Å². The lowest BCUT2D eigenvalue weighted by molar-refractivity contribution is 0.157. The average Bonchev–Trinajstić information content (AvgIpc) is 2.55. The van der Waals surface area contributed by atoms with E-state index in [-0.39, 0.29) is 0 Å². The molecule has 1 N–H and O–H groups in total. The summed E-state index contributed by atoms with van der Waals surface area (Å²) in [5, 5.41) is 9.21. The molecular weight excluding hydrogens is 256 g/mol. The fourth-order valence-corrected chi connectivity index (χ4v) is 4.67. The number of aliphatic hydroxyl groups excluding tert-OH is 1. The molecule has 0 radical (unpaired) electrons. The van der Waals surface area contributed by atoms with Crippen molar-refractivity contribution in [3.63, 3.8) is 0 Å². The van der Waals surface area contributed by atoms with Gasteiger partial charge in [0.15, 0.2) is 0 Å². The highest BCUT2D eigenvalue weighted by Crippen LogP contribution is 2.37. The number of rotatable bonds is 8. The predicted octanol–water partition coefficient (Wildman–Crippen LogP) is 5.95. The third kappa shape index (κ3) is 6.30. The summed E-state index contributed by atoms with van der Waals surface area (Å²) in [7, 11) is 0. The summed E-state index contributed by atoms with van der Waals surface area (Å²) in [4.78, 5) is 0. The Morgan fingerprint density at radius 1 is 0.619 bits per heavy atom. The van der Waals surface area contributed by atoms with Crippen molar-refractivity contribution >= 4 is 0 Å². The second kappa shape index (κ2) is 9.87. The van der Waals surface area contributed by atoms with Gasteiger partial charge in [-0.05, 0) is 36.5 Å². The molecule has 2 aliphatic rings. The summed E-state index contributed by atoms with van der Waals surface area (Å²) >= 11 is 0. The Labute approximate surface area is 132 Å². The summed E-state index contributed by atoms with van der Waals surface area (Å²) in [5.41, 5.74) is 0. The number of hydrogen-bond acceptors (Lipinski definition) is 1. The summed E-state index contributed by atoms with van der Waals surface area (Å²) in [6, 6.07) is 0. The summed E-state index contributed by atoms with van der Waals surface area (Å²) < 4.78 is 0. The zero-order valence-electron chi connectivity index (χ0n) is 14.4. The van der Waals surface area contributed by atoms with E-state index in [9.17, 15) is 5.11 Å². The standard InChI is InChI=1S/C20H38O/c1-2-3-4-5-17-6-8-18(9-7-17)10-11-19-12-14-20(16-21)15-13-19/h17-21H,2-16H2,1H3/t17-,18-,19?,20?. The van der Waals surface area contributed by atoms with Crippen LogP contribution >= 0.6 is 0 Å². The van der Waals surface area contributed by atoms with Gasteiger partial charge in [0.1, 0.15) is 0 Å². The first kappa shape index (κ1) is 17.3. The maximum Gasteiger partial charge on any atom is 0.0459 e. The van der Waals surface area contributed by atoms with E-state index in [1.165, 1.54) is 89.9 Å². The Morgan fingerprint density at radius 3 is 1.48 bits per heavy atom. The largest absolute Gasteiger partial charge is 0.396 e. The van der Waals surface area contributed by atoms with Gasteiger partial charge in [-0.1, -0.05) is 84.0 Å². The Hall–Kier alpha value is -0.0400. The zero-order valence-corrected chi connectivity index (χ0v) is 14.4. The number of hydrogen-bond donors (Lipinski definition) is 1. The molecule has 0 heterocycles. The average molecular weight is 295 g/mol. The van der Waals surface area contributed by atoms with E-state index in [2.05, 4.69) is 6.92 Å². The fourth-order valence-electron chi connectivity index (χ4n) is 4.67. The van der Waals surface area contributed by atoms with Crippen molar-refractivity contribution in [1.82, 2.24) is 0 Å². The highest BCUT2D eigenvalue weighted by atomic mass is 16.3. The SMILES string of the molecule is CCCCC[C@H]1CC[C@H](CCC2CCC(CO)CC2)CC1. The molecule has 0 unspecified atom stereocenters. The minimum Gasteiger partial charge on any atom is -0.396 e. The molecule has 2 rings (SSSR count). The third-order valence-corrected chi connectivity index (χ3v) is 6.39. The topological polar surface area (TPSA) is 20.2 Å². The van der Waals surface area contributed by atoms with Gasteiger partial charge in [0, 0.05) is 6.61 Å². The molecule has 21 heavy (non-hydrogen) atoms. The normalized spacial score (nSPS) is 34.0. The van der Waals surface area contributed by atoms with Crippen LogP contribution in [0.2, 0.25) is 0 Å². The van der Waals surface area contributed by atoms with Crippen LogP contribution in [-0.4, -0.2) is 11.7 Å². The molecule has 0 amide bonds. The lowest BCUT2D eigenvalue weighted by Crippen LogP contribution is -2.19. The second-order valence-corrected chi connectivity index (χ2v) is 8.03. The van der Waals surface area contributed by atoms with Gasteiger partial charge in [0.25, 0.3) is 0 Å². The molecule has 0 spiro atoms. The molecule has 1 nitrogen and oxygen atoms in total. The van der Waals surface area contributed by atoms with Crippen molar-refractivity contribution in [3.8, 4) is 0 Å². The van der Waals surface area contributed by atoms with E-state index in [0.717, 1.165) is 17.8 Å². The van der Waals surface area contributed by atoms with Crippen LogP contribution in [0.4, 0.5) is 0 Å². The maximum atomic E-state index is 9.21. The minimum atomic E-state index is 0.425. The van der Waals surface area contributed by atoms with Crippen LogP contribution in [0, 0.1) is 23.7 Å². The molecular formula is C20H38O. The molecule has 0 bridgehead atoms. The third-order valence-electron chi connectivity index (χ3n) is 6.39. The maximum absolute atomic E-state index is 9.21. The fraction of sp³-hybridized carbons (Fsp3) is 1.00. The van der Waals surface area contributed by atoms with Crippen LogP contribution in [0.15, 0.2) is 0 Å². The lowest BCUT2D eigenvalue weighted by Gasteiger charge is -2.31. The van der Waals surface area contributed by atoms with E-state index in [0.29, 0.717) is 12.5 Å². The van der Waals surface area contributed by atoms with Crippen molar-refractivity contribution in [3.05, 3.63) is 0 Å². The quantitative estimate of drug-likeness (QED) is 0.548. The first-order valence-electron chi connectivity index (χ1n) is 9.92. The van der Waals surface area contributed by atoms with Gasteiger partial charge >= 0.3 is 0 Å². The Balaban J connectivity index is 1.53. The monoisotopic (exact) mass is 294 g/mol. The first-order valence-corrected chi connectivity index (χ1v) is 9.92. The Kier molecular flexibility index (Phi) is 8.14. The summed E-state index contributed by atoms with van der Waals surface area (Å²) in [6.07, 6.45) is 20.2. The molecule has 2 saturated carbocycles. The number of aliphatic hydroxyl groups is 1. The van der Waals surface area contributed by atoms with Gasteiger partial charge in [-0.15, -0.1) is 0 Å². The zero-order chi connectivity index (χ0) is 14.9. The van der Waals surface area contributed by atoms with Crippen LogP contribution < -0.4 is 0 Å². The molecule has 0 aromatic carbocycles. The first-order chi connectivity index (χ1) is 10.3. The van der Waals surface area contributed by atoms with E-state index in [4.69, 9.17) is 0 Å². The van der Waals surface area contributed by atoms with Gasteiger partial charge in [-0.3, -0.25) is 0 Å². The molecule has 0 saturated heterocycles. The van der Waals surface area contributed by atoms with E-state index < -0.39 is 0 Å². The van der Waals surface area contributed by atoms with Crippen LogP contribution in [-0.2, 0) is 0 Å². The highest BCUT2D eigenvalue weighted by Gasteiger charge is 2.24. The van der Waals surface area contributed by atoms with Gasteiger partial charge in [0.2, 0.25) is 0 Å². The Bertz CT molecular complexity index is 247. The molecule has 0 atom stereocenters. The molecule has 1 heteroatoms. The molecule has 0 aliphatic heterocycles. The molecule has 2 aliphatic carbocycles. The van der Waals surface area contributed by atoms with Crippen molar-refractivity contribution in [2.75, 3.05) is 6.61 Å².